The van der Waals surface area contributed by atoms with Crippen molar-refractivity contribution in [3.8, 4) is 5.75 Å². The van der Waals surface area contributed by atoms with Crippen molar-refractivity contribution in [3.63, 3.8) is 0 Å². The van der Waals surface area contributed by atoms with Crippen LogP contribution in [0.4, 0.5) is 0 Å². The van der Waals surface area contributed by atoms with Crippen molar-refractivity contribution < 1.29 is 9.53 Å². The van der Waals surface area contributed by atoms with Gasteiger partial charge in [-0.3, -0.25) is 4.79 Å². The smallest absolute Gasteiger partial charge is 0.201 e. The molecule has 1 aromatic carbocycles. The molecule has 0 unspecified atom stereocenters. The second-order valence-corrected chi connectivity index (χ2v) is 4.67. The van der Waals surface area contributed by atoms with E-state index >= 15 is 0 Å². The van der Waals surface area contributed by atoms with Crippen molar-refractivity contribution in [2.75, 3.05) is 6.61 Å². The lowest BCUT2D eigenvalue weighted by atomic mass is 10.1. The van der Waals surface area contributed by atoms with Gasteiger partial charge in [0.15, 0.2) is 6.61 Å². The number of carbonyl (C=O) groups is 1. The van der Waals surface area contributed by atoms with Crippen molar-refractivity contribution in [3.05, 3.63) is 53.9 Å². The summed E-state index contributed by atoms with van der Waals surface area (Å²) in [6, 6.07) is 9.74. The molecule has 0 aliphatic heterocycles. The summed E-state index contributed by atoms with van der Waals surface area (Å²) in [5.74, 6) is 0.738. The highest BCUT2D eigenvalue weighted by Crippen LogP contribution is 2.14. The monoisotopic (exact) mass is 257 g/mol. The Morgan fingerprint density at radius 3 is 2.53 bits per heavy atom. The molecule has 0 saturated carbocycles. The van der Waals surface area contributed by atoms with Gasteiger partial charge in [-0.2, -0.15) is 0 Å². The van der Waals surface area contributed by atoms with Crippen LogP contribution >= 0.6 is 0 Å². The number of aromatic nitrogens is 1. The topological polar surface area (TPSA) is 31.2 Å². The fraction of sp³-hybridized carbons (Fsp3) is 0.312. The van der Waals surface area contributed by atoms with Gasteiger partial charge in [0.2, 0.25) is 5.78 Å². The van der Waals surface area contributed by atoms with Crippen molar-refractivity contribution >= 4 is 5.78 Å². The van der Waals surface area contributed by atoms with Crippen molar-refractivity contribution in [1.29, 1.82) is 0 Å². The molecule has 0 saturated heterocycles. The van der Waals surface area contributed by atoms with Crippen LogP contribution in [0.15, 0.2) is 42.7 Å². The lowest BCUT2D eigenvalue weighted by molar-refractivity contribution is 0.0921. The van der Waals surface area contributed by atoms with E-state index in [2.05, 4.69) is 6.92 Å². The number of hydrogen-bond donors (Lipinski definition) is 0. The van der Waals surface area contributed by atoms with E-state index in [1.165, 1.54) is 5.56 Å². The second-order valence-electron chi connectivity index (χ2n) is 4.67. The number of benzene rings is 1. The van der Waals surface area contributed by atoms with Gasteiger partial charge >= 0.3 is 0 Å². The van der Waals surface area contributed by atoms with Crippen LogP contribution in [0, 0.1) is 0 Å². The van der Waals surface area contributed by atoms with Crippen molar-refractivity contribution in [2.24, 2.45) is 7.05 Å². The van der Waals surface area contributed by atoms with Gasteiger partial charge in [-0.05, 0) is 30.2 Å². The Labute approximate surface area is 113 Å². The molecule has 1 heterocycles. The molecule has 0 amide bonds. The molecule has 2 rings (SSSR count). The molecule has 1 aromatic heterocycles. The number of carbonyl (C=O) groups excluding carboxylic acids is 1. The minimum Gasteiger partial charge on any atom is -0.485 e. The number of hydrogen-bond acceptors (Lipinski definition) is 2. The van der Waals surface area contributed by atoms with Crippen LogP contribution in [0.3, 0.4) is 0 Å². The van der Waals surface area contributed by atoms with E-state index in [1.807, 2.05) is 42.1 Å². The molecule has 0 atom stereocenters. The molecule has 3 nitrogen and oxygen atoms in total. The molecule has 0 radical (unpaired) electrons. The highest BCUT2D eigenvalue weighted by Gasteiger charge is 2.07. The molecule has 19 heavy (non-hydrogen) atoms. The number of nitrogens with zero attached hydrogens (tertiary/aromatic N) is 1. The van der Waals surface area contributed by atoms with Crippen LogP contribution in [-0.4, -0.2) is 17.0 Å². The van der Waals surface area contributed by atoms with Crippen LogP contribution in [-0.2, 0) is 13.5 Å². The van der Waals surface area contributed by atoms with Crippen LogP contribution in [0.2, 0.25) is 0 Å². The first-order chi connectivity index (χ1) is 9.19. The lowest BCUT2D eigenvalue weighted by Gasteiger charge is -2.05. The summed E-state index contributed by atoms with van der Waals surface area (Å²) < 4.78 is 7.36. The minimum absolute atomic E-state index is 0.00163. The van der Waals surface area contributed by atoms with Gasteiger partial charge in [0.05, 0.1) is 0 Å². The van der Waals surface area contributed by atoms with E-state index in [9.17, 15) is 4.79 Å². The van der Waals surface area contributed by atoms with Crippen LogP contribution < -0.4 is 4.74 Å². The highest BCUT2D eigenvalue weighted by atomic mass is 16.5. The average Bonchev–Trinajstić information content (AvgIpc) is 2.85. The van der Waals surface area contributed by atoms with E-state index in [-0.39, 0.29) is 12.4 Å². The molecule has 100 valence electrons. The summed E-state index contributed by atoms with van der Waals surface area (Å²) in [5, 5.41) is 0. The zero-order chi connectivity index (χ0) is 13.7. The predicted octanol–water partition coefficient (Wildman–Crippen LogP) is 3.24. The minimum atomic E-state index is -0.00163. The number of Topliss-reactive ketones (excluding diaryl/α,β-unsaturated/α-hetero) is 1. The fourth-order valence-corrected chi connectivity index (χ4v) is 1.94. The Bertz CT molecular complexity index is 540. The Hall–Kier alpha value is -2.03. The third-order valence-electron chi connectivity index (χ3n) is 2.99. The van der Waals surface area contributed by atoms with E-state index in [0.717, 1.165) is 18.6 Å². The molecular weight excluding hydrogens is 238 g/mol. The van der Waals surface area contributed by atoms with E-state index in [0.29, 0.717) is 5.56 Å². The first-order valence-electron chi connectivity index (χ1n) is 6.56. The van der Waals surface area contributed by atoms with Gasteiger partial charge in [-0.1, -0.05) is 25.5 Å². The normalized spacial score (nSPS) is 10.4. The molecule has 0 N–H and O–H groups in total. The fourth-order valence-electron chi connectivity index (χ4n) is 1.94. The quantitative estimate of drug-likeness (QED) is 0.744. The van der Waals surface area contributed by atoms with E-state index < -0.39 is 0 Å². The Morgan fingerprint density at radius 1 is 1.21 bits per heavy atom. The maximum atomic E-state index is 11.9. The largest absolute Gasteiger partial charge is 0.485 e. The van der Waals surface area contributed by atoms with Gasteiger partial charge in [0, 0.05) is 25.0 Å². The maximum Gasteiger partial charge on any atom is 0.201 e. The molecule has 3 heteroatoms. The van der Waals surface area contributed by atoms with Crippen molar-refractivity contribution in [1.82, 2.24) is 4.57 Å². The van der Waals surface area contributed by atoms with Gasteiger partial charge in [-0.15, -0.1) is 0 Å². The number of rotatable bonds is 6. The lowest BCUT2D eigenvalue weighted by Crippen LogP contribution is -2.10. The first-order valence-corrected chi connectivity index (χ1v) is 6.56. The first kappa shape index (κ1) is 13.4. The second kappa shape index (κ2) is 6.23. The van der Waals surface area contributed by atoms with E-state index in [1.54, 1.807) is 12.3 Å². The molecule has 0 fully saturated rings. The van der Waals surface area contributed by atoms with Crippen LogP contribution in [0.5, 0.6) is 5.75 Å². The number of ether oxygens (including phenoxy) is 1. The summed E-state index contributed by atoms with van der Waals surface area (Å²) in [6.45, 7) is 2.24. The zero-order valence-corrected chi connectivity index (χ0v) is 11.4. The predicted molar refractivity (Wildman–Crippen MR) is 75.7 cm³/mol. The molecule has 0 bridgehead atoms. The molecule has 0 aliphatic rings. The van der Waals surface area contributed by atoms with Gasteiger partial charge in [0.1, 0.15) is 5.75 Å². The molecule has 0 aliphatic carbocycles. The average molecular weight is 257 g/mol. The third kappa shape index (κ3) is 3.71. The summed E-state index contributed by atoms with van der Waals surface area (Å²) in [6.07, 6.45) is 5.86. The molecular formula is C16H19NO2. The number of aryl methyl sites for hydroxylation is 2. The van der Waals surface area contributed by atoms with Crippen molar-refractivity contribution in [2.45, 2.75) is 19.8 Å². The van der Waals surface area contributed by atoms with Gasteiger partial charge < -0.3 is 9.30 Å². The Kier molecular flexibility index (Phi) is 4.39. The van der Waals surface area contributed by atoms with Crippen LogP contribution in [0.25, 0.3) is 0 Å². The van der Waals surface area contributed by atoms with Gasteiger partial charge in [0.25, 0.3) is 0 Å². The Morgan fingerprint density at radius 2 is 1.95 bits per heavy atom. The summed E-state index contributed by atoms with van der Waals surface area (Å²) >= 11 is 0. The standard InChI is InChI=1S/C16H19NO2/c1-3-4-13-5-7-15(8-6-13)19-12-16(18)14-9-10-17(2)11-14/h5-11H,3-4,12H2,1-2H3. The van der Waals surface area contributed by atoms with Gasteiger partial charge in [-0.25, -0.2) is 0 Å². The summed E-state index contributed by atoms with van der Waals surface area (Å²) in [7, 11) is 1.89. The van der Waals surface area contributed by atoms with Crippen LogP contribution in [0.1, 0.15) is 29.3 Å². The maximum absolute atomic E-state index is 11.9. The third-order valence-corrected chi connectivity index (χ3v) is 2.99. The zero-order valence-electron chi connectivity index (χ0n) is 11.4. The Balaban J connectivity index is 1.89. The molecule has 2 aromatic rings. The SMILES string of the molecule is CCCc1ccc(OCC(=O)c2ccn(C)c2)cc1. The van der Waals surface area contributed by atoms with E-state index in [4.69, 9.17) is 4.74 Å². The number of ketones is 1. The summed E-state index contributed by atoms with van der Waals surface area (Å²) in [5.41, 5.74) is 1.98. The summed E-state index contributed by atoms with van der Waals surface area (Å²) in [4.78, 5) is 11.9. The molecule has 0 spiro atoms. The highest BCUT2D eigenvalue weighted by molar-refractivity contribution is 5.97.